The topological polar surface area (TPSA) is 69.0 Å². The molecule has 0 unspecified atom stereocenters. The standard InChI is InChI=1S/C17H16BrN3O2.BrH/c18-13-5-3-4-12(10-13)16(23)11-21-15-7-2-1-6-14(15)20-17(21)19-8-9-22;/h1-7,10,22H,8-9,11H2,(H,19,20);1H. The number of carbonyl (C=O) groups is 1. The lowest BCUT2D eigenvalue weighted by molar-refractivity contribution is -0.642. The second kappa shape index (κ2) is 8.41. The fraction of sp³-hybridized carbons (Fsp3) is 0.176. The first-order valence-electron chi connectivity index (χ1n) is 7.33. The zero-order valence-electron chi connectivity index (χ0n) is 12.8. The first-order valence-corrected chi connectivity index (χ1v) is 8.12. The summed E-state index contributed by atoms with van der Waals surface area (Å²) in [6.45, 7) is 0.654. The molecule has 0 bridgehead atoms. The number of nitrogens with one attached hydrogen (secondary N) is 2. The number of fused-ring (bicyclic) bond motifs is 1. The summed E-state index contributed by atoms with van der Waals surface area (Å²) in [5, 5.41) is 12.1. The molecule has 0 aliphatic heterocycles. The van der Waals surface area contributed by atoms with E-state index in [0.29, 0.717) is 18.1 Å². The van der Waals surface area contributed by atoms with E-state index in [2.05, 4.69) is 26.2 Å². The van der Waals surface area contributed by atoms with Crippen molar-refractivity contribution in [2.24, 2.45) is 0 Å². The van der Waals surface area contributed by atoms with Crippen LogP contribution in [0.2, 0.25) is 0 Å². The van der Waals surface area contributed by atoms with Crippen LogP contribution >= 0.6 is 15.9 Å². The monoisotopic (exact) mass is 453 g/mol. The van der Waals surface area contributed by atoms with Crippen molar-refractivity contribution in [1.82, 2.24) is 4.98 Å². The number of hydrogen-bond donors (Lipinski definition) is 3. The molecule has 3 aromatic rings. The lowest BCUT2D eigenvalue weighted by Gasteiger charge is -2.04. The van der Waals surface area contributed by atoms with Crippen molar-refractivity contribution in [2.45, 2.75) is 6.54 Å². The van der Waals surface area contributed by atoms with E-state index in [4.69, 9.17) is 5.11 Å². The van der Waals surface area contributed by atoms with E-state index in [9.17, 15) is 4.79 Å². The molecule has 3 rings (SSSR count). The van der Waals surface area contributed by atoms with Gasteiger partial charge in [0.2, 0.25) is 0 Å². The largest absolute Gasteiger partial charge is 1.00 e. The first kappa shape index (κ1) is 18.6. The van der Waals surface area contributed by atoms with Crippen LogP contribution in [0, 0.1) is 0 Å². The van der Waals surface area contributed by atoms with Crippen LogP contribution in [0.25, 0.3) is 11.0 Å². The molecule has 24 heavy (non-hydrogen) atoms. The van der Waals surface area contributed by atoms with Gasteiger partial charge in [0.05, 0.1) is 13.2 Å². The highest BCUT2D eigenvalue weighted by atomic mass is 79.9. The van der Waals surface area contributed by atoms with E-state index in [1.807, 2.05) is 53.1 Å². The maximum Gasteiger partial charge on any atom is 0.356 e. The number of hydrogen-bond acceptors (Lipinski definition) is 3. The number of aliphatic hydroxyl groups is 1. The van der Waals surface area contributed by atoms with Gasteiger partial charge in [0.25, 0.3) is 0 Å². The second-order valence-corrected chi connectivity index (χ2v) is 6.08. The first-order chi connectivity index (χ1) is 11.2. The van der Waals surface area contributed by atoms with Crippen molar-refractivity contribution in [3.05, 3.63) is 58.6 Å². The Morgan fingerprint density at radius 2 is 2.00 bits per heavy atom. The van der Waals surface area contributed by atoms with Crippen molar-refractivity contribution in [1.29, 1.82) is 0 Å². The molecular weight excluding hydrogens is 438 g/mol. The minimum atomic E-state index is 0. The number of aromatic nitrogens is 2. The Morgan fingerprint density at radius 3 is 2.75 bits per heavy atom. The number of H-pyrrole nitrogens is 1. The number of halogens is 2. The Labute approximate surface area is 158 Å². The highest BCUT2D eigenvalue weighted by molar-refractivity contribution is 9.10. The van der Waals surface area contributed by atoms with Gasteiger partial charge >= 0.3 is 5.95 Å². The Hall–Kier alpha value is -1.70. The van der Waals surface area contributed by atoms with Crippen molar-refractivity contribution in [3.63, 3.8) is 0 Å². The molecule has 0 saturated carbocycles. The molecular formula is C17H17Br2N3O2. The second-order valence-electron chi connectivity index (χ2n) is 5.16. The number of rotatable bonds is 6. The number of nitrogens with zero attached hydrogens (tertiary/aromatic N) is 1. The Balaban J connectivity index is 0.00000208. The van der Waals surface area contributed by atoms with Crippen LogP contribution < -0.4 is 26.9 Å². The molecule has 0 amide bonds. The number of Topliss-reactive ketones (excluding diaryl/α,β-unsaturated/α-hetero) is 1. The number of ketones is 1. The molecule has 5 nitrogen and oxygen atoms in total. The predicted molar refractivity (Wildman–Crippen MR) is 92.5 cm³/mol. The van der Waals surface area contributed by atoms with E-state index >= 15 is 0 Å². The maximum absolute atomic E-state index is 12.6. The van der Waals surface area contributed by atoms with Gasteiger partial charge in [-0.05, 0) is 24.3 Å². The molecule has 126 valence electrons. The van der Waals surface area contributed by atoms with E-state index in [1.165, 1.54) is 0 Å². The third kappa shape index (κ3) is 4.03. The molecule has 7 heteroatoms. The third-order valence-corrected chi connectivity index (χ3v) is 4.06. The molecule has 1 heterocycles. The zero-order valence-corrected chi connectivity index (χ0v) is 16.0. The quantitative estimate of drug-likeness (QED) is 0.347. The van der Waals surface area contributed by atoms with Crippen molar-refractivity contribution < 1.29 is 31.4 Å². The summed E-state index contributed by atoms with van der Waals surface area (Å²) in [5.74, 6) is 0.733. The van der Waals surface area contributed by atoms with Crippen LogP contribution in [0.3, 0.4) is 0 Å². The Kier molecular flexibility index (Phi) is 6.53. The molecule has 0 radical (unpaired) electrons. The summed E-state index contributed by atoms with van der Waals surface area (Å²) in [6.07, 6.45) is 0. The highest BCUT2D eigenvalue weighted by Gasteiger charge is 2.20. The smallest absolute Gasteiger partial charge is 0.356 e. The number of imidazole rings is 1. The van der Waals surface area contributed by atoms with Gasteiger partial charge in [0.1, 0.15) is 17.6 Å². The average Bonchev–Trinajstić information content (AvgIpc) is 2.90. The minimum Gasteiger partial charge on any atom is -1.00 e. The number of aromatic amines is 1. The summed E-state index contributed by atoms with van der Waals surface area (Å²) in [5.41, 5.74) is 2.54. The van der Waals surface area contributed by atoms with E-state index in [1.54, 1.807) is 0 Å². The van der Waals surface area contributed by atoms with Gasteiger partial charge in [-0.25, -0.2) is 9.55 Å². The predicted octanol–water partition coefficient (Wildman–Crippen LogP) is -0.491. The third-order valence-electron chi connectivity index (χ3n) is 3.57. The molecule has 0 fully saturated rings. The van der Waals surface area contributed by atoms with E-state index < -0.39 is 0 Å². The lowest BCUT2D eigenvalue weighted by Crippen LogP contribution is -3.00. The van der Waals surface area contributed by atoms with Crippen LogP contribution in [0.15, 0.2) is 53.0 Å². The van der Waals surface area contributed by atoms with Gasteiger partial charge in [0, 0.05) is 10.0 Å². The van der Waals surface area contributed by atoms with Gasteiger partial charge in [-0.1, -0.05) is 40.2 Å². The fourth-order valence-electron chi connectivity index (χ4n) is 2.51. The summed E-state index contributed by atoms with van der Waals surface area (Å²) < 4.78 is 2.78. The van der Waals surface area contributed by atoms with Crippen LogP contribution in [0.5, 0.6) is 0 Å². The normalized spacial score (nSPS) is 10.4. The van der Waals surface area contributed by atoms with E-state index in [0.717, 1.165) is 15.5 Å². The molecule has 3 N–H and O–H groups in total. The molecule has 1 aromatic heterocycles. The SMILES string of the molecule is O=C(C[n+]1c(NCCO)[nH]c2ccccc21)c1cccc(Br)c1.[Br-]. The summed E-state index contributed by atoms with van der Waals surface area (Å²) >= 11 is 3.39. The summed E-state index contributed by atoms with van der Waals surface area (Å²) in [4.78, 5) is 15.8. The van der Waals surface area contributed by atoms with Gasteiger partial charge < -0.3 is 22.1 Å². The Bertz CT molecular complexity index is 849. The van der Waals surface area contributed by atoms with Gasteiger partial charge in [-0.3, -0.25) is 10.1 Å². The Morgan fingerprint density at radius 1 is 1.21 bits per heavy atom. The minimum absolute atomic E-state index is 0. The molecule has 0 aliphatic rings. The fourth-order valence-corrected chi connectivity index (χ4v) is 2.90. The number of anilines is 1. The number of carbonyl (C=O) groups excluding carboxylic acids is 1. The molecule has 0 saturated heterocycles. The van der Waals surface area contributed by atoms with Crippen molar-refractivity contribution in [3.8, 4) is 0 Å². The van der Waals surface area contributed by atoms with Crippen LogP contribution in [-0.4, -0.2) is 29.0 Å². The van der Waals surface area contributed by atoms with Crippen LogP contribution in [-0.2, 0) is 6.54 Å². The average molecular weight is 455 g/mol. The molecule has 2 aromatic carbocycles. The van der Waals surface area contributed by atoms with E-state index in [-0.39, 0.29) is 35.9 Å². The lowest BCUT2D eigenvalue weighted by atomic mass is 10.1. The van der Waals surface area contributed by atoms with Gasteiger partial charge in [0.15, 0.2) is 5.78 Å². The summed E-state index contributed by atoms with van der Waals surface area (Å²) in [6, 6.07) is 15.2. The molecule has 0 aliphatic carbocycles. The zero-order chi connectivity index (χ0) is 16.2. The molecule has 0 atom stereocenters. The number of para-hydroxylation sites is 2. The van der Waals surface area contributed by atoms with Gasteiger partial charge in [-0.2, -0.15) is 0 Å². The number of aliphatic hydroxyl groups excluding tert-OH is 1. The highest BCUT2D eigenvalue weighted by Crippen LogP contribution is 2.15. The van der Waals surface area contributed by atoms with Crippen molar-refractivity contribution in [2.75, 3.05) is 18.5 Å². The van der Waals surface area contributed by atoms with Crippen LogP contribution in [0.1, 0.15) is 10.4 Å². The van der Waals surface area contributed by atoms with Crippen molar-refractivity contribution >= 4 is 38.7 Å². The maximum atomic E-state index is 12.6. The number of benzene rings is 2. The van der Waals surface area contributed by atoms with Gasteiger partial charge in [-0.15, -0.1) is 0 Å². The molecule has 0 spiro atoms. The summed E-state index contributed by atoms with van der Waals surface area (Å²) in [7, 11) is 0. The van der Waals surface area contributed by atoms with Crippen LogP contribution in [0.4, 0.5) is 5.95 Å².